The van der Waals surface area contributed by atoms with E-state index in [0.29, 0.717) is 25.7 Å². The molecule has 24 heavy (non-hydrogen) atoms. The van der Waals surface area contributed by atoms with Crippen molar-refractivity contribution in [1.29, 1.82) is 0 Å². The van der Waals surface area contributed by atoms with Crippen LogP contribution < -0.4 is 0 Å². The minimum Gasteiger partial charge on any atom is -0.481 e. The number of carboxylic acid groups (broad SMARTS) is 1. The summed E-state index contributed by atoms with van der Waals surface area (Å²) in [6.07, 6.45) is -1.24. The van der Waals surface area contributed by atoms with Crippen molar-refractivity contribution in [3.8, 4) is 0 Å². The predicted octanol–water partition coefficient (Wildman–Crippen LogP) is -0.954. The first kappa shape index (κ1) is 22.7. The van der Waals surface area contributed by atoms with Crippen LogP contribution in [0.5, 0.6) is 0 Å². The second-order valence-corrected chi connectivity index (χ2v) is 5.42. The van der Waals surface area contributed by atoms with Crippen molar-refractivity contribution < 1.29 is 44.6 Å². The Labute approximate surface area is 140 Å². The topological polar surface area (TPSA) is 154 Å². The van der Waals surface area contributed by atoms with Crippen LogP contribution in [0.2, 0.25) is 0 Å². The van der Waals surface area contributed by atoms with Gasteiger partial charge in [-0.25, -0.2) is 0 Å². The summed E-state index contributed by atoms with van der Waals surface area (Å²) in [5.74, 6) is -1.32. The van der Waals surface area contributed by atoms with E-state index in [4.69, 9.17) is 24.8 Å². The first-order chi connectivity index (χ1) is 11.4. The molecule has 142 valence electrons. The minimum absolute atomic E-state index is 0.0189. The van der Waals surface area contributed by atoms with E-state index in [1.165, 1.54) is 0 Å². The Morgan fingerprint density at radius 3 is 2.21 bits per heavy atom. The van der Waals surface area contributed by atoms with Crippen molar-refractivity contribution in [2.24, 2.45) is 0 Å². The highest BCUT2D eigenvalue weighted by molar-refractivity contribution is 5.69. The van der Waals surface area contributed by atoms with E-state index in [9.17, 15) is 19.8 Å². The number of ether oxygens (including phenoxy) is 2. The summed E-state index contributed by atoms with van der Waals surface area (Å²) in [6.45, 7) is -1.05. The van der Waals surface area contributed by atoms with Gasteiger partial charge in [-0.15, -0.1) is 0 Å². The third-order valence-electron chi connectivity index (χ3n) is 3.25. The van der Waals surface area contributed by atoms with Crippen molar-refractivity contribution in [2.45, 2.75) is 56.8 Å². The Hall–Kier alpha value is -1.26. The van der Waals surface area contributed by atoms with E-state index in [0.717, 1.165) is 0 Å². The lowest BCUT2D eigenvalue weighted by molar-refractivity contribution is -0.145. The van der Waals surface area contributed by atoms with Gasteiger partial charge < -0.3 is 35.0 Å². The zero-order chi connectivity index (χ0) is 18.4. The molecule has 0 amide bonds. The van der Waals surface area contributed by atoms with Gasteiger partial charge in [0.05, 0.1) is 32.5 Å². The molecule has 3 atom stereocenters. The molecule has 0 radical (unpaired) electrons. The van der Waals surface area contributed by atoms with Gasteiger partial charge in [-0.2, -0.15) is 0 Å². The highest BCUT2D eigenvalue weighted by atomic mass is 16.5. The molecule has 5 N–H and O–H groups in total. The van der Waals surface area contributed by atoms with Gasteiger partial charge in [-0.1, -0.05) is 0 Å². The highest BCUT2D eigenvalue weighted by Gasteiger charge is 2.20. The second-order valence-electron chi connectivity index (χ2n) is 5.42. The van der Waals surface area contributed by atoms with E-state index in [-0.39, 0.29) is 26.1 Å². The van der Waals surface area contributed by atoms with Gasteiger partial charge in [-0.3, -0.25) is 9.59 Å². The van der Waals surface area contributed by atoms with Crippen molar-refractivity contribution in [3.63, 3.8) is 0 Å². The molecule has 0 saturated heterocycles. The lowest BCUT2D eigenvalue weighted by Gasteiger charge is -2.23. The van der Waals surface area contributed by atoms with Crippen LogP contribution in [-0.2, 0) is 19.1 Å². The largest absolute Gasteiger partial charge is 0.481 e. The summed E-state index contributed by atoms with van der Waals surface area (Å²) >= 11 is 0. The molecule has 0 fully saturated rings. The monoisotopic (exact) mass is 352 g/mol. The third-order valence-corrected chi connectivity index (χ3v) is 3.25. The zero-order valence-corrected chi connectivity index (χ0v) is 13.7. The summed E-state index contributed by atoms with van der Waals surface area (Å²) in [5.41, 5.74) is 0. The minimum atomic E-state index is -1.14. The van der Waals surface area contributed by atoms with Crippen molar-refractivity contribution in [3.05, 3.63) is 0 Å². The zero-order valence-electron chi connectivity index (χ0n) is 13.7. The molecule has 0 aromatic rings. The number of hydrogen-bond acceptors (Lipinski definition) is 8. The molecular formula is C15H28O9. The summed E-state index contributed by atoms with van der Waals surface area (Å²) in [4.78, 5) is 21.7. The molecule has 0 heterocycles. The van der Waals surface area contributed by atoms with E-state index >= 15 is 0 Å². The average Bonchev–Trinajstić information content (AvgIpc) is 2.56. The van der Waals surface area contributed by atoms with Crippen LogP contribution in [0.4, 0.5) is 0 Å². The van der Waals surface area contributed by atoms with Gasteiger partial charge in [0.15, 0.2) is 0 Å². The van der Waals surface area contributed by atoms with Crippen LogP contribution in [0.15, 0.2) is 0 Å². The molecule has 0 aliphatic carbocycles. The Morgan fingerprint density at radius 2 is 1.62 bits per heavy atom. The number of aliphatic hydroxyl groups is 4. The summed E-state index contributed by atoms with van der Waals surface area (Å²) < 4.78 is 10.2. The number of hydrogen-bond donors (Lipinski definition) is 5. The fourth-order valence-corrected chi connectivity index (χ4v) is 1.88. The van der Waals surface area contributed by atoms with Crippen LogP contribution in [0, 0.1) is 0 Å². The van der Waals surface area contributed by atoms with E-state index in [1.807, 2.05) is 0 Å². The highest BCUT2D eigenvalue weighted by Crippen LogP contribution is 2.09. The molecule has 0 aliphatic heterocycles. The van der Waals surface area contributed by atoms with E-state index in [1.54, 1.807) is 0 Å². The molecule has 0 aliphatic rings. The standard InChI is InChI=1S/C15H28O9/c16-8-11(18)10-24-13(12(19)9-17)4-3-7-23-15(22)6-2-1-5-14(20)21/h11-13,16-19H,1-10H2,(H,20,21). The van der Waals surface area contributed by atoms with Crippen LogP contribution in [0.25, 0.3) is 0 Å². The van der Waals surface area contributed by atoms with Crippen molar-refractivity contribution in [1.82, 2.24) is 0 Å². The molecule has 0 saturated carbocycles. The van der Waals surface area contributed by atoms with Crippen LogP contribution in [0.3, 0.4) is 0 Å². The summed E-state index contributed by atoms with van der Waals surface area (Å²) in [6, 6.07) is 0. The maximum Gasteiger partial charge on any atom is 0.305 e. The Kier molecular flexibility index (Phi) is 13.4. The second kappa shape index (κ2) is 14.1. The van der Waals surface area contributed by atoms with E-state index < -0.39 is 43.5 Å². The number of carboxylic acids is 1. The molecule has 9 nitrogen and oxygen atoms in total. The third kappa shape index (κ3) is 12.2. The maximum atomic E-state index is 11.4. The molecule has 3 unspecified atom stereocenters. The van der Waals surface area contributed by atoms with Crippen LogP contribution >= 0.6 is 0 Å². The Balaban J connectivity index is 3.88. The molecule has 0 spiro atoms. The molecule has 0 bridgehead atoms. The van der Waals surface area contributed by atoms with Gasteiger partial charge >= 0.3 is 11.9 Å². The van der Waals surface area contributed by atoms with Gasteiger partial charge in [0.25, 0.3) is 0 Å². The maximum absolute atomic E-state index is 11.4. The molecule has 0 rings (SSSR count). The number of aliphatic hydroxyl groups excluding tert-OH is 4. The van der Waals surface area contributed by atoms with Gasteiger partial charge in [0.2, 0.25) is 0 Å². The number of esters is 1. The normalized spacial score (nSPS) is 14.8. The van der Waals surface area contributed by atoms with Crippen molar-refractivity contribution in [2.75, 3.05) is 26.4 Å². The predicted molar refractivity (Wildman–Crippen MR) is 82.2 cm³/mol. The molecular weight excluding hydrogens is 324 g/mol. The number of aliphatic carboxylic acids is 1. The molecule has 0 aromatic heterocycles. The molecule has 9 heteroatoms. The van der Waals surface area contributed by atoms with E-state index in [2.05, 4.69) is 0 Å². The van der Waals surface area contributed by atoms with Crippen molar-refractivity contribution >= 4 is 11.9 Å². The smallest absolute Gasteiger partial charge is 0.305 e. The first-order valence-electron chi connectivity index (χ1n) is 7.97. The van der Waals surface area contributed by atoms with Gasteiger partial charge in [-0.05, 0) is 25.7 Å². The number of carbonyl (C=O) groups excluding carboxylic acids is 1. The SMILES string of the molecule is O=C(O)CCCCC(=O)OCCCC(OCC(O)CO)C(O)CO. The van der Waals surface area contributed by atoms with Gasteiger partial charge in [0.1, 0.15) is 12.2 Å². The molecule has 0 aromatic carbocycles. The quantitative estimate of drug-likeness (QED) is 0.185. The Morgan fingerprint density at radius 1 is 0.958 bits per heavy atom. The summed E-state index contributed by atoms with van der Waals surface area (Å²) in [7, 11) is 0. The summed E-state index contributed by atoms with van der Waals surface area (Å²) in [5, 5.41) is 45.0. The Bertz CT molecular complexity index is 348. The fraction of sp³-hybridized carbons (Fsp3) is 0.867. The lowest BCUT2D eigenvalue weighted by atomic mass is 10.1. The van der Waals surface area contributed by atoms with Crippen LogP contribution in [-0.4, -0.2) is 82.2 Å². The first-order valence-corrected chi connectivity index (χ1v) is 7.97. The van der Waals surface area contributed by atoms with Gasteiger partial charge in [0, 0.05) is 12.8 Å². The number of carbonyl (C=O) groups is 2. The average molecular weight is 352 g/mol. The number of rotatable bonds is 15. The van der Waals surface area contributed by atoms with Crippen LogP contribution in [0.1, 0.15) is 38.5 Å². The number of unbranched alkanes of at least 4 members (excludes halogenated alkanes) is 1. The lowest BCUT2D eigenvalue weighted by Crippen LogP contribution is -2.35. The fourth-order valence-electron chi connectivity index (χ4n) is 1.88.